The van der Waals surface area contributed by atoms with Crippen LogP contribution in [0.3, 0.4) is 0 Å². The lowest BCUT2D eigenvalue weighted by Crippen LogP contribution is -2.38. The number of halogens is 2. The summed E-state index contributed by atoms with van der Waals surface area (Å²) in [4.78, 5) is 14.1. The molecule has 1 aromatic rings. The number of amides is 1. The standard InChI is InChI=1S/C13H16ClFN2OS/c1-3-17(7-8(2)12(16)19)13(18)11-9(14)5-4-6-10(11)15/h4-6,8H,3,7H2,1-2H3,(H2,16,19). The van der Waals surface area contributed by atoms with Crippen LogP contribution in [0.2, 0.25) is 5.02 Å². The highest BCUT2D eigenvalue weighted by Gasteiger charge is 2.22. The van der Waals surface area contributed by atoms with Gasteiger partial charge in [0.25, 0.3) is 5.91 Å². The molecule has 0 saturated heterocycles. The summed E-state index contributed by atoms with van der Waals surface area (Å²) in [5.41, 5.74) is 5.42. The lowest BCUT2D eigenvalue weighted by atomic mass is 10.1. The smallest absolute Gasteiger partial charge is 0.258 e. The number of hydrogen-bond donors (Lipinski definition) is 1. The first kappa shape index (κ1) is 15.9. The van der Waals surface area contributed by atoms with Gasteiger partial charge in [0.15, 0.2) is 0 Å². The molecular formula is C13H16ClFN2OS. The number of hydrogen-bond acceptors (Lipinski definition) is 2. The zero-order chi connectivity index (χ0) is 14.6. The van der Waals surface area contributed by atoms with E-state index in [1.165, 1.54) is 23.1 Å². The van der Waals surface area contributed by atoms with Crippen LogP contribution in [0, 0.1) is 11.7 Å². The van der Waals surface area contributed by atoms with Gasteiger partial charge < -0.3 is 10.6 Å². The number of nitrogens with zero attached hydrogens (tertiary/aromatic N) is 1. The van der Waals surface area contributed by atoms with E-state index in [4.69, 9.17) is 29.6 Å². The zero-order valence-corrected chi connectivity index (χ0v) is 12.4. The maximum atomic E-state index is 13.7. The van der Waals surface area contributed by atoms with Crippen molar-refractivity contribution >= 4 is 34.7 Å². The maximum absolute atomic E-state index is 13.7. The van der Waals surface area contributed by atoms with Gasteiger partial charge in [-0.1, -0.05) is 36.8 Å². The molecule has 0 aliphatic carbocycles. The average molecular weight is 303 g/mol. The van der Waals surface area contributed by atoms with Gasteiger partial charge in [-0.25, -0.2) is 4.39 Å². The zero-order valence-electron chi connectivity index (χ0n) is 10.8. The Morgan fingerprint density at radius 1 is 1.58 bits per heavy atom. The molecule has 0 spiro atoms. The van der Waals surface area contributed by atoms with Crippen molar-refractivity contribution in [3.05, 3.63) is 34.6 Å². The fourth-order valence-corrected chi connectivity index (χ4v) is 1.95. The number of carbonyl (C=O) groups excluding carboxylic acids is 1. The first-order valence-electron chi connectivity index (χ1n) is 5.91. The van der Waals surface area contributed by atoms with Crippen molar-refractivity contribution in [2.75, 3.05) is 13.1 Å². The monoisotopic (exact) mass is 302 g/mol. The van der Waals surface area contributed by atoms with Gasteiger partial charge in [0.2, 0.25) is 0 Å². The third kappa shape index (κ3) is 3.88. The molecule has 0 radical (unpaired) electrons. The first-order valence-corrected chi connectivity index (χ1v) is 6.69. The third-order valence-electron chi connectivity index (χ3n) is 2.83. The van der Waals surface area contributed by atoms with Crippen molar-refractivity contribution in [3.8, 4) is 0 Å². The maximum Gasteiger partial charge on any atom is 0.258 e. The number of nitrogens with two attached hydrogens (primary N) is 1. The largest absolute Gasteiger partial charge is 0.393 e. The minimum atomic E-state index is -0.626. The van der Waals surface area contributed by atoms with Crippen LogP contribution in [0.4, 0.5) is 4.39 Å². The van der Waals surface area contributed by atoms with Gasteiger partial charge in [-0.3, -0.25) is 4.79 Å². The van der Waals surface area contributed by atoms with E-state index in [0.29, 0.717) is 18.1 Å². The van der Waals surface area contributed by atoms with Crippen molar-refractivity contribution in [1.82, 2.24) is 4.90 Å². The number of rotatable bonds is 5. The van der Waals surface area contributed by atoms with Crippen molar-refractivity contribution in [3.63, 3.8) is 0 Å². The predicted octanol–water partition coefficient (Wildman–Crippen LogP) is 2.86. The molecule has 1 aromatic carbocycles. The van der Waals surface area contributed by atoms with Crippen LogP contribution < -0.4 is 5.73 Å². The highest BCUT2D eigenvalue weighted by atomic mass is 35.5. The van der Waals surface area contributed by atoms with Gasteiger partial charge in [-0.05, 0) is 19.1 Å². The molecule has 1 unspecified atom stereocenters. The van der Waals surface area contributed by atoms with Crippen molar-refractivity contribution in [1.29, 1.82) is 0 Å². The summed E-state index contributed by atoms with van der Waals surface area (Å²) < 4.78 is 13.7. The molecule has 0 fully saturated rings. The highest BCUT2D eigenvalue weighted by molar-refractivity contribution is 7.80. The quantitative estimate of drug-likeness (QED) is 0.851. The summed E-state index contributed by atoms with van der Waals surface area (Å²) in [6.07, 6.45) is 0. The minimum Gasteiger partial charge on any atom is -0.393 e. The van der Waals surface area contributed by atoms with Crippen LogP contribution >= 0.6 is 23.8 Å². The van der Waals surface area contributed by atoms with Crippen LogP contribution in [0.1, 0.15) is 24.2 Å². The molecule has 0 bridgehead atoms. The molecule has 0 aromatic heterocycles. The van der Waals surface area contributed by atoms with Crippen molar-refractivity contribution in [2.45, 2.75) is 13.8 Å². The Morgan fingerprint density at radius 3 is 2.68 bits per heavy atom. The molecule has 3 nitrogen and oxygen atoms in total. The summed E-state index contributed by atoms with van der Waals surface area (Å²) in [6.45, 7) is 4.39. The molecule has 0 heterocycles. The molecule has 1 rings (SSSR count). The lowest BCUT2D eigenvalue weighted by molar-refractivity contribution is 0.0750. The molecule has 2 N–H and O–H groups in total. The second kappa shape index (κ2) is 6.82. The van der Waals surface area contributed by atoms with Gasteiger partial charge in [0.05, 0.1) is 15.6 Å². The van der Waals surface area contributed by atoms with E-state index in [0.717, 1.165) is 0 Å². The third-order valence-corrected chi connectivity index (χ3v) is 3.54. The van der Waals surface area contributed by atoms with Crippen LogP contribution in [-0.2, 0) is 0 Å². The topological polar surface area (TPSA) is 46.3 Å². The highest BCUT2D eigenvalue weighted by Crippen LogP contribution is 2.21. The molecule has 0 saturated carbocycles. The molecule has 0 aliphatic rings. The van der Waals surface area contributed by atoms with E-state index in [9.17, 15) is 9.18 Å². The van der Waals surface area contributed by atoms with Gasteiger partial charge in [-0.2, -0.15) is 0 Å². The Balaban J connectivity index is 2.99. The molecule has 0 aliphatic heterocycles. The fourth-order valence-electron chi connectivity index (χ4n) is 1.64. The molecular weight excluding hydrogens is 287 g/mol. The number of thiocarbonyl (C=S) groups is 1. The van der Waals surface area contributed by atoms with Crippen molar-refractivity contribution < 1.29 is 9.18 Å². The summed E-state index contributed by atoms with van der Waals surface area (Å²) in [6, 6.07) is 4.16. The lowest BCUT2D eigenvalue weighted by Gasteiger charge is -2.24. The molecule has 1 amide bonds. The summed E-state index contributed by atoms with van der Waals surface area (Å²) in [7, 11) is 0. The molecule has 1 atom stereocenters. The van der Waals surface area contributed by atoms with E-state index in [-0.39, 0.29) is 16.5 Å². The van der Waals surface area contributed by atoms with Gasteiger partial charge in [-0.15, -0.1) is 0 Å². The summed E-state index contributed by atoms with van der Waals surface area (Å²) >= 11 is 10.8. The Morgan fingerprint density at radius 2 is 2.21 bits per heavy atom. The van der Waals surface area contributed by atoms with E-state index in [1.807, 2.05) is 6.92 Å². The second-order valence-corrected chi connectivity index (χ2v) is 5.12. The summed E-state index contributed by atoms with van der Waals surface area (Å²) in [5, 5.41) is 0.103. The first-order chi connectivity index (χ1) is 8.88. The Labute approximate surface area is 122 Å². The minimum absolute atomic E-state index is 0.103. The molecule has 6 heteroatoms. The Kier molecular flexibility index (Phi) is 5.69. The Hall–Kier alpha value is -1.20. The normalized spacial score (nSPS) is 12.0. The van der Waals surface area contributed by atoms with E-state index in [1.54, 1.807) is 6.92 Å². The van der Waals surface area contributed by atoms with E-state index in [2.05, 4.69) is 0 Å². The number of benzene rings is 1. The molecule has 19 heavy (non-hydrogen) atoms. The van der Waals surface area contributed by atoms with E-state index >= 15 is 0 Å². The predicted molar refractivity (Wildman–Crippen MR) is 78.9 cm³/mol. The second-order valence-electron chi connectivity index (χ2n) is 4.24. The van der Waals surface area contributed by atoms with Crippen LogP contribution in [-0.4, -0.2) is 28.9 Å². The van der Waals surface area contributed by atoms with Crippen LogP contribution in [0.5, 0.6) is 0 Å². The van der Waals surface area contributed by atoms with Gasteiger partial charge in [0, 0.05) is 19.0 Å². The number of carbonyl (C=O) groups is 1. The SMILES string of the molecule is CCN(CC(C)C(N)=S)C(=O)c1c(F)cccc1Cl. The fraction of sp³-hybridized carbons (Fsp3) is 0.385. The molecule has 104 valence electrons. The Bertz CT molecular complexity index is 475. The van der Waals surface area contributed by atoms with Gasteiger partial charge in [0.1, 0.15) is 5.82 Å². The summed E-state index contributed by atoms with van der Waals surface area (Å²) in [5.74, 6) is -1.21. The van der Waals surface area contributed by atoms with E-state index < -0.39 is 11.7 Å². The van der Waals surface area contributed by atoms with Crippen LogP contribution in [0.15, 0.2) is 18.2 Å². The van der Waals surface area contributed by atoms with Crippen molar-refractivity contribution in [2.24, 2.45) is 11.7 Å². The average Bonchev–Trinajstić information content (AvgIpc) is 2.34. The van der Waals surface area contributed by atoms with Gasteiger partial charge >= 0.3 is 0 Å². The van der Waals surface area contributed by atoms with Crippen LogP contribution in [0.25, 0.3) is 0 Å².